The van der Waals surface area contributed by atoms with E-state index in [0.717, 1.165) is 0 Å². The quantitative estimate of drug-likeness (QED) is 0.899. The van der Waals surface area contributed by atoms with Gasteiger partial charge in [-0.1, -0.05) is 0 Å². The summed E-state index contributed by atoms with van der Waals surface area (Å²) in [6.45, 7) is 2.01. The Bertz CT molecular complexity index is 517. The molecule has 1 atom stereocenters. The van der Waals surface area contributed by atoms with Gasteiger partial charge in [0.05, 0.1) is 0 Å². The first-order chi connectivity index (χ1) is 8.66. The highest BCUT2D eigenvalue weighted by Gasteiger charge is 2.10. The number of rotatable bonds is 4. The molecule has 1 aromatic carbocycles. The van der Waals surface area contributed by atoms with E-state index in [1.54, 1.807) is 31.5 Å². The van der Waals surface area contributed by atoms with E-state index in [4.69, 9.17) is 10.5 Å². The van der Waals surface area contributed by atoms with E-state index < -0.39 is 0 Å². The SMILES string of the molecule is C[C@H](N)c1cc(F)ccc1OCc1ncccn1. The predicted octanol–water partition coefficient (Wildman–Crippen LogP) is 2.21. The second-order valence-electron chi connectivity index (χ2n) is 3.92. The van der Waals surface area contributed by atoms with Crippen LogP contribution in [-0.4, -0.2) is 9.97 Å². The van der Waals surface area contributed by atoms with Gasteiger partial charge in [0.1, 0.15) is 18.2 Å². The van der Waals surface area contributed by atoms with Crippen molar-refractivity contribution in [1.29, 1.82) is 0 Å². The smallest absolute Gasteiger partial charge is 0.166 e. The van der Waals surface area contributed by atoms with Crippen molar-refractivity contribution in [1.82, 2.24) is 9.97 Å². The third-order valence-corrected chi connectivity index (χ3v) is 2.44. The molecule has 1 aromatic heterocycles. The van der Waals surface area contributed by atoms with Crippen LogP contribution < -0.4 is 10.5 Å². The van der Waals surface area contributed by atoms with Crippen LogP contribution in [0.3, 0.4) is 0 Å². The van der Waals surface area contributed by atoms with Gasteiger partial charge in [0.15, 0.2) is 5.82 Å². The molecule has 0 spiro atoms. The van der Waals surface area contributed by atoms with Crippen molar-refractivity contribution in [3.8, 4) is 5.75 Å². The highest BCUT2D eigenvalue weighted by molar-refractivity contribution is 5.36. The maximum Gasteiger partial charge on any atom is 0.166 e. The molecule has 5 heteroatoms. The molecule has 0 aliphatic carbocycles. The standard InChI is InChI=1S/C13H14FN3O/c1-9(15)11-7-10(14)3-4-12(11)18-8-13-16-5-2-6-17-13/h2-7,9H,8,15H2,1H3/t9-/m0/s1. The molecule has 0 bridgehead atoms. The van der Waals surface area contributed by atoms with E-state index in [0.29, 0.717) is 17.1 Å². The van der Waals surface area contributed by atoms with Gasteiger partial charge >= 0.3 is 0 Å². The van der Waals surface area contributed by atoms with Crippen LogP contribution in [-0.2, 0) is 6.61 Å². The Hall–Kier alpha value is -2.01. The summed E-state index contributed by atoms with van der Waals surface area (Å²) in [6.07, 6.45) is 3.28. The Kier molecular flexibility index (Phi) is 3.84. The fourth-order valence-electron chi connectivity index (χ4n) is 1.55. The lowest BCUT2D eigenvalue weighted by Crippen LogP contribution is -2.09. The van der Waals surface area contributed by atoms with Gasteiger partial charge in [0.2, 0.25) is 0 Å². The lowest BCUT2D eigenvalue weighted by atomic mass is 10.1. The molecular weight excluding hydrogens is 233 g/mol. The average molecular weight is 247 g/mol. The molecule has 0 unspecified atom stereocenters. The second kappa shape index (κ2) is 5.55. The predicted molar refractivity (Wildman–Crippen MR) is 65.4 cm³/mol. The Morgan fingerprint density at radius 1 is 1.33 bits per heavy atom. The molecule has 0 aliphatic rings. The van der Waals surface area contributed by atoms with Crippen LogP contribution in [0.1, 0.15) is 24.4 Å². The highest BCUT2D eigenvalue weighted by Crippen LogP contribution is 2.25. The monoisotopic (exact) mass is 247 g/mol. The van der Waals surface area contributed by atoms with Crippen molar-refractivity contribution >= 4 is 0 Å². The van der Waals surface area contributed by atoms with E-state index in [9.17, 15) is 4.39 Å². The van der Waals surface area contributed by atoms with Gasteiger partial charge < -0.3 is 10.5 Å². The zero-order chi connectivity index (χ0) is 13.0. The molecule has 2 aromatic rings. The number of nitrogens with zero attached hydrogens (tertiary/aromatic N) is 2. The van der Waals surface area contributed by atoms with E-state index >= 15 is 0 Å². The van der Waals surface area contributed by atoms with Crippen LogP contribution in [0, 0.1) is 5.82 Å². The maximum atomic E-state index is 13.1. The number of halogens is 1. The van der Waals surface area contributed by atoms with Gasteiger partial charge in [-0.05, 0) is 31.2 Å². The molecule has 1 heterocycles. The number of hydrogen-bond acceptors (Lipinski definition) is 4. The average Bonchev–Trinajstić information content (AvgIpc) is 2.38. The molecule has 0 aliphatic heterocycles. The summed E-state index contributed by atoms with van der Waals surface area (Å²) in [4.78, 5) is 8.09. The van der Waals surface area contributed by atoms with Crippen molar-refractivity contribution in [2.45, 2.75) is 19.6 Å². The first-order valence-corrected chi connectivity index (χ1v) is 5.60. The molecule has 0 fully saturated rings. The fraction of sp³-hybridized carbons (Fsp3) is 0.231. The zero-order valence-corrected chi connectivity index (χ0v) is 10.0. The van der Waals surface area contributed by atoms with Gasteiger partial charge in [0.25, 0.3) is 0 Å². The maximum absolute atomic E-state index is 13.1. The molecule has 2 N–H and O–H groups in total. The van der Waals surface area contributed by atoms with Gasteiger partial charge in [-0.3, -0.25) is 0 Å². The molecule has 0 radical (unpaired) electrons. The third kappa shape index (κ3) is 3.01. The molecule has 18 heavy (non-hydrogen) atoms. The van der Waals surface area contributed by atoms with E-state index in [-0.39, 0.29) is 18.5 Å². The molecule has 94 valence electrons. The van der Waals surface area contributed by atoms with Gasteiger partial charge in [-0.15, -0.1) is 0 Å². The highest BCUT2D eigenvalue weighted by atomic mass is 19.1. The summed E-state index contributed by atoms with van der Waals surface area (Å²) in [5, 5.41) is 0. The lowest BCUT2D eigenvalue weighted by Gasteiger charge is -2.13. The van der Waals surface area contributed by atoms with Gasteiger partial charge in [0, 0.05) is 24.0 Å². The minimum Gasteiger partial charge on any atom is -0.485 e. The molecular formula is C13H14FN3O. The van der Waals surface area contributed by atoms with Crippen molar-refractivity contribution in [3.05, 3.63) is 53.9 Å². The van der Waals surface area contributed by atoms with Crippen molar-refractivity contribution in [2.75, 3.05) is 0 Å². The zero-order valence-electron chi connectivity index (χ0n) is 10.0. The Morgan fingerprint density at radius 3 is 2.72 bits per heavy atom. The number of nitrogens with two attached hydrogens (primary N) is 1. The number of aromatic nitrogens is 2. The Balaban J connectivity index is 2.14. The molecule has 0 saturated carbocycles. The Morgan fingerprint density at radius 2 is 2.06 bits per heavy atom. The van der Waals surface area contributed by atoms with E-state index in [1.165, 1.54) is 12.1 Å². The van der Waals surface area contributed by atoms with Gasteiger partial charge in [-0.25, -0.2) is 14.4 Å². The fourth-order valence-corrected chi connectivity index (χ4v) is 1.55. The minimum absolute atomic E-state index is 0.228. The summed E-state index contributed by atoms with van der Waals surface area (Å²) in [5.41, 5.74) is 6.40. The van der Waals surface area contributed by atoms with Crippen LogP contribution >= 0.6 is 0 Å². The van der Waals surface area contributed by atoms with E-state index in [2.05, 4.69) is 9.97 Å². The summed E-state index contributed by atoms with van der Waals surface area (Å²) in [7, 11) is 0. The summed E-state index contributed by atoms with van der Waals surface area (Å²) >= 11 is 0. The summed E-state index contributed by atoms with van der Waals surface area (Å²) in [5.74, 6) is 0.793. The summed E-state index contributed by atoms with van der Waals surface area (Å²) < 4.78 is 18.7. The Labute approximate surface area is 105 Å². The van der Waals surface area contributed by atoms with Crippen LogP contribution in [0.2, 0.25) is 0 Å². The second-order valence-corrected chi connectivity index (χ2v) is 3.92. The molecule has 4 nitrogen and oxygen atoms in total. The number of benzene rings is 1. The van der Waals surface area contributed by atoms with Crippen molar-refractivity contribution < 1.29 is 9.13 Å². The number of ether oxygens (including phenoxy) is 1. The van der Waals surface area contributed by atoms with E-state index in [1.807, 2.05) is 0 Å². The van der Waals surface area contributed by atoms with Crippen molar-refractivity contribution in [2.24, 2.45) is 5.73 Å². The minimum atomic E-state index is -0.328. The normalized spacial score (nSPS) is 12.2. The molecule has 0 amide bonds. The van der Waals surface area contributed by atoms with Crippen molar-refractivity contribution in [3.63, 3.8) is 0 Å². The summed E-state index contributed by atoms with van der Waals surface area (Å²) in [6, 6.07) is 5.72. The molecule has 0 saturated heterocycles. The van der Waals surface area contributed by atoms with Gasteiger partial charge in [-0.2, -0.15) is 0 Å². The van der Waals surface area contributed by atoms with Crippen LogP contribution in [0.25, 0.3) is 0 Å². The van der Waals surface area contributed by atoms with Crippen LogP contribution in [0.4, 0.5) is 4.39 Å². The third-order valence-electron chi connectivity index (χ3n) is 2.44. The topological polar surface area (TPSA) is 61.0 Å². The first kappa shape index (κ1) is 12.4. The number of hydrogen-bond donors (Lipinski definition) is 1. The molecule has 2 rings (SSSR count). The first-order valence-electron chi connectivity index (χ1n) is 5.60. The van der Waals surface area contributed by atoms with Crippen LogP contribution in [0.15, 0.2) is 36.7 Å². The lowest BCUT2D eigenvalue weighted by molar-refractivity contribution is 0.291. The van der Waals surface area contributed by atoms with Crippen LogP contribution in [0.5, 0.6) is 5.75 Å². The largest absolute Gasteiger partial charge is 0.485 e.